The molecule has 0 aromatic carbocycles. The smallest absolute Gasteiger partial charge is 0.316 e. The van der Waals surface area contributed by atoms with Crippen LogP contribution in [-0.2, 0) is 29.5 Å². The minimum atomic E-state index is -1.57. The van der Waals surface area contributed by atoms with Gasteiger partial charge in [0.2, 0.25) is 11.1 Å². The zero-order chi connectivity index (χ0) is 10.1. The van der Waals surface area contributed by atoms with Gasteiger partial charge >= 0.3 is 5.97 Å². The molecule has 0 saturated heterocycles. The van der Waals surface area contributed by atoms with Crippen molar-refractivity contribution in [2.24, 2.45) is 0 Å². The fourth-order valence-electron chi connectivity index (χ4n) is 0.544. The summed E-state index contributed by atoms with van der Waals surface area (Å²) in [5.41, 5.74) is 0. The molecule has 0 aromatic heterocycles. The molecular formula is C7H14O5S. The molecule has 0 amide bonds. The first kappa shape index (κ1) is 12.5. The van der Waals surface area contributed by atoms with Crippen LogP contribution in [0.25, 0.3) is 0 Å². The highest BCUT2D eigenvalue weighted by atomic mass is 32.2. The van der Waals surface area contributed by atoms with Gasteiger partial charge in [-0.05, 0) is 0 Å². The largest absolute Gasteiger partial charge is 0.382 e. The van der Waals surface area contributed by atoms with Gasteiger partial charge < -0.3 is 13.7 Å². The molecule has 1 atom stereocenters. The molecule has 0 aliphatic carbocycles. The molecule has 0 heterocycles. The Bertz CT molecular complexity index is 170. The Balaban J connectivity index is 3.22. The molecule has 0 saturated carbocycles. The zero-order valence-corrected chi connectivity index (χ0v) is 8.59. The van der Waals surface area contributed by atoms with Gasteiger partial charge in [-0.25, -0.2) is 4.21 Å². The molecule has 0 aromatic rings. The van der Waals surface area contributed by atoms with E-state index in [1.54, 1.807) is 7.11 Å². The van der Waals surface area contributed by atoms with Gasteiger partial charge in [0.05, 0.1) is 25.6 Å². The van der Waals surface area contributed by atoms with Crippen LogP contribution in [0.4, 0.5) is 0 Å². The van der Waals surface area contributed by atoms with Crippen LogP contribution < -0.4 is 0 Å². The second-order valence-corrected chi connectivity index (χ2v) is 3.37. The third kappa shape index (κ3) is 9.45. The maximum atomic E-state index is 10.8. The fourth-order valence-corrected chi connectivity index (χ4v) is 1.14. The van der Waals surface area contributed by atoms with E-state index in [4.69, 9.17) is 9.47 Å². The highest BCUT2D eigenvalue weighted by molar-refractivity contribution is 7.80. The quantitative estimate of drug-likeness (QED) is 0.548. The number of hydrogen-bond acceptors (Lipinski definition) is 5. The maximum absolute atomic E-state index is 10.8. The van der Waals surface area contributed by atoms with E-state index in [1.165, 1.54) is 6.92 Å². The third-order valence-corrected chi connectivity index (χ3v) is 1.96. The predicted octanol–water partition coefficient (Wildman–Crippen LogP) is -0.124. The van der Waals surface area contributed by atoms with E-state index in [1.807, 2.05) is 0 Å². The first-order chi connectivity index (χ1) is 6.16. The molecule has 78 valence electrons. The van der Waals surface area contributed by atoms with Gasteiger partial charge in [-0.1, -0.05) is 0 Å². The Labute approximate surface area is 80.0 Å². The van der Waals surface area contributed by atoms with E-state index < -0.39 is 17.0 Å². The number of ether oxygens (including phenoxy) is 2. The van der Waals surface area contributed by atoms with Gasteiger partial charge in [0.25, 0.3) is 0 Å². The number of rotatable bonds is 7. The van der Waals surface area contributed by atoms with Crippen molar-refractivity contribution in [1.82, 2.24) is 0 Å². The van der Waals surface area contributed by atoms with Crippen LogP contribution in [0.1, 0.15) is 6.92 Å². The van der Waals surface area contributed by atoms with Crippen LogP contribution in [0.2, 0.25) is 0 Å². The first-order valence-electron chi connectivity index (χ1n) is 3.80. The molecule has 0 aliphatic heterocycles. The summed E-state index contributed by atoms with van der Waals surface area (Å²) in [4.78, 5) is 10.3. The molecule has 6 heteroatoms. The summed E-state index contributed by atoms with van der Waals surface area (Å²) in [6.45, 7) is 2.46. The SMILES string of the molecule is COCCOCCS(=O)OC(C)=O. The van der Waals surface area contributed by atoms with Crippen molar-refractivity contribution in [2.45, 2.75) is 6.92 Å². The third-order valence-electron chi connectivity index (χ3n) is 1.04. The van der Waals surface area contributed by atoms with Crippen molar-refractivity contribution >= 4 is 17.0 Å². The van der Waals surface area contributed by atoms with Gasteiger partial charge in [-0.2, -0.15) is 0 Å². The lowest BCUT2D eigenvalue weighted by molar-refractivity contribution is -0.131. The summed E-state index contributed by atoms with van der Waals surface area (Å²) in [5, 5.41) is 0. The van der Waals surface area contributed by atoms with Crippen molar-refractivity contribution < 1.29 is 22.7 Å². The minimum Gasteiger partial charge on any atom is -0.382 e. The van der Waals surface area contributed by atoms with E-state index in [9.17, 15) is 9.00 Å². The topological polar surface area (TPSA) is 61.8 Å². The molecule has 0 bridgehead atoms. The predicted molar refractivity (Wildman–Crippen MR) is 47.5 cm³/mol. The van der Waals surface area contributed by atoms with E-state index in [0.717, 1.165) is 0 Å². The monoisotopic (exact) mass is 210 g/mol. The minimum absolute atomic E-state index is 0.198. The summed E-state index contributed by atoms with van der Waals surface area (Å²) in [6.07, 6.45) is 0. The Hall–Kier alpha value is -0.460. The van der Waals surface area contributed by atoms with Crippen LogP contribution in [0.3, 0.4) is 0 Å². The van der Waals surface area contributed by atoms with E-state index in [0.29, 0.717) is 19.8 Å². The molecule has 0 spiro atoms. The molecule has 1 unspecified atom stereocenters. The van der Waals surface area contributed by atoms with Gasteiger partial charge in [0.1, 0.15) is 0 Å². The summed E-state index contributed by atoms with van der Waals surface area (Å²) in [5.74, 6) is -0.348. The maximum Gasteiger partial charge on any atom is 0.316 e. The van der Waals surface area contributed by atoms with Crippen LogP contribution in [0.5, 0.6) is 0 Å². The second-order valence-electron chi connectivity index (χ2n) is 2.19. The molecule has 0 radical (unpaired) electrons. The number of carbonyl (C=O) groups excluding carboxylic acids is 1. The van der Waals surface area contributed by atoms with Gasteiger partial charge in [0.15, 0.2) is 0 Å². The Morgan fingerprint density at radius 1 is 1.31 bits per heavy atom. The van der Waals surface area contributed by atoms with Crippen molar-refractivity contribution in [1.29, 1.82) is 0 Å². The standard InChI is InChI=1S/C7H14O5S/c1-7(8)12-13(9)6-5-11-4-3-10-2/h3-6H2,1-2H3. The second kappa shape index (κ2) is 8.15. The summed E-state index contributed by atoms with van der Waals surface area (Å²) < 4.78 is 25.0. The van der Waals surface area contributed by atoms with Crippen molar-refractivity contribution in [3.63, 3.8) is 0 Å². The van der Waals surface area contributed by atoms with Crippen LogP contribution >= 0.6 is 0 Å². The highest BCUT2D eigenvalue weighted by Crippen LogP contribution is 1.87. The molecule has 0 fully saturated rings. The lowest BCUT2D eigenvalue weighted by Crippen LogP contribution is -2.13. The van der Waals surface area contributed by atoms with Gasteiger partial charge in [-0.15, -0.1) is 0 Å². The normalized spacial score (nSPS) is 12.5. The molecule has 0 rings (SSSR count). The lowest BCUT2D eigenvalue weighted by atomic mass is 10.7. The molecule has 13 heavy (non-hydrogen) atoms. The summed E-state index contributed by atoms with van der Waals surface area (Å²) in [6, 6.07) is 0. The Morgan fingerprint density at radius 2 is 2.00 bits per heavy atom. The van der Waals surface area contributed by atoms with Gasteiger partial charge in [-0.3, -0.25) is 4.79 Å². The van der Waals surface area contributed by atoms with Crippen molar-refractivity contribution in [2.75, 3.05) is 32.7 Å². The van der Waals surface area contributed by atoms with E-state index in [-0.39, 0.29) is 5.75 Å². The summed E-state index contributed by atoms with van der Waals surface area (Å²) >= 11 is -1.57. The Morgan fingerprint density at radius 3 is 2.54 bits per heavy atom. The summed E-state index contributed by atoms with van der Waals surface area (Å²) in [7, 11) is 1.57. The number of methoxy groups -OCH3 is 1. The van der Waals surface area contributed by atoms with Crippen LogP contribution in [-0.4, -0.2) is 42.9 Å². The zero-order valence-electron chi connectivity index (χ0n) is 7.78. The molecule has 0 aliphatic rings. The van der Waals surface area contributed by atoms with E-state index >= 15 is 0 Å². The molecule has 5 nitrogen and oxygen atoms in total. The van der Waals surface area contributed by atoms with Crippen LogP contribution in [0.15, 0.2) is 0 Å². The molecule has 0 N–H and O–H groups in total. The number of hydrogen-bond donors (Lipinski definition) is 0. The molecular weight excluding hydrogens is 196 g/mol. The van der Waals surface area contributed by atoms with E-state index in [2.05, 4.69) is 4.18 Å². The Kier molecular flexibility index (Phi) is 7.86. The van der Waals surface area contributed by atoms with Crippen molar-refractivity contribution in [3.8, 4) is 0 Å². The first-order valence-corrected chi connectivity index (χ1v) is 5.05. The fraction of sp³-hybridized carbons (Fsp3) is 0.857. The lowest BCUT2D eigenvalue weighted by Gasteiger charge is -2.02. The average Bonchev–Trinajstić information content (AvgIpc) is 2.02. The average molecular weight is 210 g/mol. The number of carbonyl (C=O) groups is 1. The van der Waals surface area contributed by atoms with Crippen molar-refractivity contribution in [3.05, 3.63) is 0 Å². The highest BCUT2D eigenvalue weighted by Gasteiger charge is 2.02. The van der Waals surface area contributed by atoms with Crippen LogP contribution in [0, 0.1) is 0 Å². The van der Waals surface area contributed by atoms with Gasteiger partial charge in [0, 0.05) is 14.0 Å².